The van der Waals surface area contributed by atoms with Crippen molar-refractivity contribution in [2.75, 3.05) is 33.1 Å². The molecule has 0 bridgehead atoms. The molecule has 0 aliphatic carbocycles. The van der Waals surface area contributed by atoms with Crippen LogP contribution in [0.1, 0.15) is 11.1 Å². The molecule has 0 heterocycles. The Kier molecular flexibility index (Phi) is 7.14. The molecule has 0 aromatic heterocycles. The van der Waals surface area contributed by atoms with Gasteiger partial charge in [-0.3, -0.25) is 4.79 Å². The monoisotopic (exact) mass is 397 g/mol. The van der Waals surface area contributed by atoms with Crippen LogP contribution in [0, 0.1) is 6.92 Å². The second-order valence-electron chi connectivity index (χ2n) is 6.09. The number of ether oxygens (including phenoxy) is 2. The topological polar surface area (TPSA) is 52.0 Å². The maximum Gasteiger partial charge on any atom is 0.279 e. The molecule has 5 nitrogen and oxygen atoms in total. The maximum absolute atomic E-state index is 12.3. The highest BCUT2D eigenvalue weighted by molar-refractivity contribution is 6.39. The van der Waals surface area contributed by atoms with Crippen molar-refractivity contribution in [3.8, 4) is 11.5 Å². The molecule has 1 amide bonds. The number of anilines is 1. The Bertz CT molecular complexity index is 776. The van der Waals surface area contributed by atoms with E-state index in [2.05, 4.69) is 5.32 Å². The molecule has 0 spiro atoms. The summed E-state index contributed by atoms with van der Waals surface area (Å²) in [4.78, 5) is 13.3. The Hall–Kier alpha value is -1.95. The summed E-state index contributed by atoms with van der Waals surface area (Å²) < 4.78 is 10.7. The smallest absolute Gasteiger partial charge is 0.279 e. The van der Waals surface area contributed by atoms with Gasteiger partial charge in [0, 0.05) is 5.56 Å². The Morgan fingerprint density at radius 1 is 1.12 bits per heavy atom. The average Bonchev–Trinajstić information content (AvgIpc) is 2.59. The van der Waals surface area contributed by atoms with Gasteiger partial charge >= 0.3 is 0 Å². The number of aryl methyl sites for hydroxylation is 1. The SMILES string of the molecule is COc1cc(C)c(C[NH+](C)CC(=O)Nc2c(Cl)cccc2Cl)cc1OC. The number of carbonyl (C=O) groups is 1. The number of carbonyl (C=O) groups excluding carboxylic acids is 1. The number of likely N-dealkylation sites (N-methyl/N-ethyl adjacent to an activating group) is 1. The minimum absolute atomic E-state index is 0.157. The standard InChI is InChI=1S/C19H22Cl2N2O3/c1-12-8-16(25-3)17(26-4)9-13(12)10-23(2)11-18(24)22-19-14(20)6-5-7-15(19)21/h5-9H,10-11H2,1-4H3,(H,22,24)/p+1. The number of quaternary nitrogens is 1. The second-order valence-corrected chi connectivity index (χ2v) is 6.90. The lowest BCUT2D eigenvalue weighted by atomic mass is 10.1. The molecule has 0 aliphatic rings. The van der Waals surface area contributed by atoms with E-state index < -0.39 is 0 Å². The molecule has 7 heteroatoms. The van der Waals surface area contributed by atoms with E-state index in [0.717, 1.165) is 16.0 Å². The highest BCUT2D eigenvalue weighted by Gasteiger charge is 2.16. The van der Waals surface area contributed by atoms with Gasteiger partial charge in [0.05, 0.1) is 37.0 Å². The summed E-state index contributed by atoms with van der Waals surface area (Å²) in [5.74, 6) is 1.21. The quantitative estimate of drug-likeness (QED) is 0.754. The number of methoxy groups -OCH3 is 2. The van der Waals surface area contributed by atoms with Gasteiger partial charge in [0.15, 0.2) is 18.0 Å². The molecular formula is C19H23Cl2N2O3+. The molecule has 2 aromatic carbocycles. The maximum atomic E-state index is 12.3. The average molecular weight is 398 g/mol. The van der Waals surface area contributed by atoms with Crippen LogP contribution < -0.4 is 19.7 Å². The number of halogens is 2. The molecule has 2 rings (SSSR count). The van der Waals surface area contributed by atoms with Crippen LogP contribution in [-0.2, 0) is 11.3 Å². The Morgan fingerprint density at radius 3 is 2.27 bits per heavy atom. The molecule has 0 radical (unpaired) electrons. The van der Waals surface area contributed by atoms with E-state index in [0.29, 0.717) is 33.8 Å². The van der Waals surface area contributed by atoms with Crippen LogP contribution in [-0.4, -0.2) is 33.7 Å². The van der Waals surface area contributed by atoms with E-state index in [-0.39, 0.29) is 12.5 Å². The largest absolute Gasteiger partial charge is 0.493 e. The number of para-hydroxylation sites is 1. The van der Waals surface area contributed by atoms with Gasteiger partial charge < -0.3 is 19.7 Å². The van der Waals surface area contributed by atoms with E-state index in [1.165, 1.54) is 0 Å². The molecule has 2 N–H and O–H groups in total. The highest BCUT2D eigenvalue weighted by Crippen LogP contribution is 2.30. The van der Waals surface area contributed by atoms with Crippen molar-refractivity contribution in [2.24, 2.45) is 0 Å². The normalized spacial score (nSPS) is 11.8. The van der Waals surface area contributed by atoms with Crippen LogP contribution in [0.4, 0.5) is 5.69 Å². The molecule has 1 atom stereocenters. The van der Waals surface area contributed by atoms with Gasteiger partial charge in [0.25, 0.3) is 5.91 Å². The molecule has 26 heavy (non-hydrogen) atoms. The molecular weight excluding hydrogens is 375 g/mol. The molecule has 0 aliphatic heterocycles. The van der Waals surface area contributed by atoms with Gasteiger partial charge in [0.1, 0.15) is 6.54 Å². The molecule has 0 saturated heterocycles. The third-order valence-corrected chi connectivity index (χ3v) is 4.65. The van der Waals surface area contributed by atoms with E-state index in [4.69, 9.17) is 32.7 Å². The zero-order valence-electron chi connectivity index (χ0n) is 15.3. The Balaban J connectivity index is 2.04. The summed E-state index contributed by atoms with van der Waals surface area (Å²) in [7, 11) is 5.16. The molecule has 140 valence electrons. The summed E-state index contributed by atoms with van der Waals surface area (Å²) >= 11 is 12.2. The lowest BCUT2D eigenvalue weighted by Crippen LogP contribution is -3.08. The van der Waals surface area contributed by atoms with E-state index >= 15 is 0 Å². The molecule has 2 aromatic rings. The predicted octanol–water partition coefficient (Wildman–Crippen LogP) is 2.97. The van der Waals surface area contributed by atoms with Gasteiger partial charge in [-0.1, -0.05) is 29.3 Å². The lowest BCUT2D eigenvalue weighted by molar-refractivity contribution is -0.885. The summed E-state index contributed by atoms with van der Waals surface area (Å²) in [6.07, 6.45) is 0. The predicted molar refractivity (Wildman–Crippen MR) is 105 cm³/mol. The molecule has 0 saturated carbocycles. The third-order valence-electron chi connectivity index (χ3n) is 4.02. The first-order valence-corrected chi connectivity index (χ1v) is 8.88. The van der Waals surface area contributed by atoms with Crippen LogP contribution in [0.5, 0.6) is 11.5 Å². The van der Waals surface area contributed by atoms with Crippen LogP contribution in [0.15, 0.2) is 30.3 Å². The number of amides is 1. The summed E-state index contributed by atoms with van der Waals surface area (Å²) in [6.45, 7) is 2.94. The first-order valence-electron chi connectivity index (χ1n) is 8.12. The highest BCUT2D eigenvalue weighted by atomic mass is 35.5. The lowest BCUT2D eigenvalue weighted by Gasteiger charge is -2.17. The number of nitrogens with one attached hydrogen (secondary N) is 2. The van der Waals surface area contributed by atoms with Crippen molar-refractivity contribution in [2.45, 2.75) is 13.5 Å². The van der Waals surface area contributed by atoms with Crippen molar-refractivity contribution in [1.82, 2.24) is 0 Å². The Morgan fingerprint density at radius 2 is 1.69 bits per heavy atom. The van der Waals surface area contributed by atoms with Crippen LogP contribution in [0.25, 0.3) is 0 Å². The zero-order chi connectivity index (χ0) is 19.3. The van der Waals surface area contributed by atoms with Crippen LogP contribution >= 0.6 is 23.2 Å². The molecule has 1 unspecified atom stereocenters. The minimum Gasteiger partial charge on any atom is -0.493 e. The fourth-order valence-corrected chi connectivity index (χ4v) is 3.17. The van der Waals surface area contributed by atoms with Gasteiger partial charge in [-0.2, -0.15) is 0 Å². The second kappa shape index (κ2) is 9.12. The van der Waals surface area contributed by atoms with Crippen LogP contribution in [0.2, 0.25) is 10.0 Å². The van der Waals surface area contributed by atoms with Crippen molar-refractivity contribution >= 4 is 34.8 Å². The van der Waals surface area contributed by atoms with E-state index in [1.807, 2.05) is 26.1 Å². The first kappa shape index (κ1) is 20.4. The first-order chi connectivity index (χ1) is 12.3. The van der Waals surface area contributed by atoms with Crippen LogP contribution in [0.3, 0.4) is 0 Å². The van der Waals surface area contributed by atoms with Gasteiger partial charge in [0.2, 0.25) is 0 Å². The number of rotatable bonds is 7. The fraction of sp³-hybridized carbons (Fsp3) is 0.316. The van der Waals surface area contributed by atoms with E-state index in [1.54, 1.807) is 32.4 Å². The van der Waals surface area contributed by atoms with Crippen molar-refractivity contribution in [1.29, 1.82) is 0 Å². The number of hydrogen-bond acceptors (Lipinski definition) is 3. The fourth-order valence-electron chi connectivity index (χ4n) is 2.68. The van der Waals surface area contributed by atoms with Crippen molar-refractivity contribution in [3.63, 3.8) is 0 Å². The zero-order valence-corrected chi connectivity index (χ0v) is 16.8. The number of benzene rings is 2. The minimum atomic E-state index is -0.157. The summed E-state index contributed by atoms with van der Waals surface area (Å²) in [6, 6.07) is 8.99. The summed E-state index contributed by atoms with van der Waals surface area (Å²) in [5.41, 5.74) is 2.61. The van der Waals surface area contributed by atoms with Crippen molar-refractivity contribution in [3.05, 3.63) is 51.5 Å². The van der Waals surface area contributed by atoms with Gasteiger partial charge in [-0.15, -0.1) is 0 Å². The van der Waals surface area contributed by atoms with Gasteiger partial charge in [-0.25, -0.2) is 0 Å². The van der Waals surface area contributed by atoms with Gasteiger partial charge in [-0.05, 0) is 36.8 Å². The molecule has 0 fully saturated rings. The van der Waals surface area contributed by atoms with E-state index in [9.17, 15) is 4.79 Å². The Labute approximate surface area is 163 Å². The summed E-state index contributed by atoms with van der Waals surface area (Å²) in [5, 5.41) is 3.61. The number of hydrogen-bond donors (Lipinski definition) is 2. The van der Waals surface area contributed by atoms with Crippen molar-refractivity contribution < 1.29 is 19.2 Å². The third kappa shape index (κ3) is 5.04.